The smallest absolute Gasteiger partial charge is 0.255 e. The van der Waals surface area contributed by atoms with E-state index >= 15 is 0 Å². The number of methoxy groups -OCH3 is 1. The SMILES string of the molecule is COc1cccc(NC(=O)c2cccc(C(=O)NCCC3=CCCCC3)c2)c1. The molecule has 3 rings (SSSR count). The van der Waals surface area contributed by atoms with Gasteiger partial charge in [0.25, 0.3) is 11.8 Å². The van der Waals surface area contributed by atoms with Gasteiger partial charge in [-0.2, -0.15) is 0 Å². The zero-order chi connectivity index (χ0) is 19.8. The topological polar surface area (TPSA) is 67.4 Å². The Kier molecular flexibility index (Phi) is 6.84. The lowest BCUT2D eigenvalue weighted by Crippen LogP contribution is -2.25. The molecule has 0 spiro atoms. The van der Waals surface area contributed by atoms with Gasteiger partial charge in [0.1, 0.15) is 5.75 Å². The molecule has 0 unspecified atom stereocenters. The Morgan fingerprint density at radius 1 is 1.00 bits per heavy atom. The molecule has 5 nitrogen and oxygen atoms in total. The summed E-state index contributed by atoms with van der Waals surface area (Å²) in [5.41, 5.74) is 2.99. The minimum Gasteiger partial charge on any atom is -0.497 e. The Balaban J connectivity index is 1.58. The van der Waals surface area contributed by atoms with E-state index in [4.69, 9.17) is 4.74 Å². The third-order valence-corrected chi connectivity index (χ3v) is 4.83. The van der Waals surface area contributed by atoms with Crippen LogP contribution >= 0.6 is 0 Å². The lowest BCUT2D eigenvalue weighted by molar-refractivity contribution is 0.0954. The van der Waals surface area contributed by atoms with Crippen LogP contribution in [0.25, 0.3) is 0 Å². The quantitative estimate of drug-likeness (QED) is 0.694. The summed E-state index contributed by atoms with van der Waals surface area (Å²) in [6.45, 7) is 0.616. The summed E-state index contributed by atoms with van der Waals surface area (Å²) in [5.74, 6) is 0.238. The van der Waals surface area contributed by atoms with Crippen LogP contribution < -0.4 is 15.4 Å². The number of allylic oxidation sites excluding steroid dienone is 1. The van der Waals surface area contributed by atoms with Gasteiger partial charge in [-0.25, -0.2) is 0 Å². The predicted molar refractivity (Wildman–Crippen MR) is 111 cm³/mol. The molecule has 0 saturated heterocycles. The maximum atomic E-state index is 12.5. The standard InChI is InChI=1S/C23H26N2O3/c1-28-21-12-6-11-20(16-21)25-23(27)19-10-5-9-18(15-19)22(26)24-14-13-17-7-3-2-4-8-17/h5-7,9-12,15-16H,2-4,8,13-14H2,1H3,(H,24,26)(H,25,27). The van der Waals surface area contributed by atoms with Crippen molar-refractivity contribution in [2.45, 2.75) is 32.1 Å². The van der Waals surface area contributed by atoms with Crippen molar-refractivity contribution in [3.8, 4) is 5.75 Å². The highest BCUT2D eigenvalue weighted by Gasteiger charge is 2.11. The molecule has 1 aliphatic rings. The highest BCUT2D eigenvalue weighted by molar-refractivity contribution is 6.06. The van der Waals surface area contributed by atoms with E-state index in [-0.39, 0.29) is 11.8 Å². The minimum atomic E-state index is -0.268. The van der Waals surface area contributed by atoms with Crippen LogP contribution in [-0.2, 0) is 0 Å². The number of carbonyl (C=O) groups is 2. The molecule has 2 N–H and O–H groups in total. The molecule has 5 heteroatoms. The van der Waals surface area contributed by atoms with Crippen LogP contribution in [0.15, 0.2) is 60.2 Å². The average molecular weight is 378 g/mol. The number of nitrogens with one attached hydrogen (secondary N) is 2. The summed E-state index contributed by atoms with van der Waals surface area (Å²) in [5, 5.41) is 5.78. The fourth-order valence-electron chi connectivity index (χ4n) is 3.28. The third kappa shape index (κ3) is 5.46. The lowest BCUT2D eigenvalue weighted by atomic mass is 9.97. The number of hydrogen-bond donors (Lipinski definition) is 2. The molecule has 0 saturated carbocycles. The monoisotopic (exact) mass is 378 g/mol. The maximum Gasteiger partial charge on any atom is 0.255 e. The highest BCUT2D eigenvalue weighted by atomic mass is 16.5. The van der Waals surface area contributed by atoms with Crippen LogP contribution in [0.4, 0.5) is 5.69 Å². The number of ether oxygens (including phenoxy) is 1. The van der Waals surface area contributed by atoms with E-state index in [2.05, 4.69) is 16.7 Å². The minimum absolute atomic E-state index is 0.160. The first-order valence-corrected chi connectivity index (χ1v) is 9.67. The van der Waals surface area contributed by atoms with Crippen molar-refractivity contribution in [3.63, 3.8) is 0 Å². The average Bonchev–Trinajstić information content (AvgIpc) is 2.74. The Bertz CT molecular complexity index is 874. The van der Waals surface area contributed by atoms with Crippen LogP contribution in [0, 0.1) is 0 Å². The summed E-state index contributed by atoms with van der Waals surface area (Å²) in [6, 6.07) is 13.9. The van der Waals surface area contributed by atoms with Gasteiger partial charge in [-0.15, -0.1) is 0 Å². The molecule has 2 amide bonds. The molecule has 0 heterocycles. The van der Waals surface area contributed by atoms with Gasteiger partial charge in [0.05, 0.1) is 7.11 Å². The zero-order valence-corrected chi connectivity index (χ0v) is 16.2. The van der Waals surface area contributed by atoms with Gasteiger partial charge < -0.3 is 15.4 Å². The van der Waals surface area contributed by atoms with Crippen molar-refractivity contribution in [1.29, 1.82) is 0 Å². The van der Waals surface area contributed by atoms with E-state index in [1.165, 1.54) is 18.4 Å². The van der Waals surface area contributed by atoms with Crippen LogP contribution in [-0.4, -0.2) is 25.5 Å². The summed E-state index contributed by atoms with van der Waals surface area (Å²) in [6.07, 6.45) is 7.97. The predicted octanol–water partition coefficient (Wildman–Crippen LogP) is 4.57. The van der Waals surface area contributed by atoms with Gasteiger partial charge in [-0.1, -0.05) is 23.8 Å². The Labute approximate surface area is 165 Å². The fourth-order valence-corrected chi connectivity index (χ4v) is 3.28. The largest absolute Gasteiger partial charge is 0.497 e. The molecule has 146 valence electrons. The maximum absolute atomic E-state index is 12.5. The number of anilines is 1. The van der Waals surface area contributed by atoms with E-state index in [1.54, 1.807) is 49.6 Å². The normalized spacial score (nSPS) is 13.4. The Hall–Kier alpha value is -3.08. The van der Waals surface area contributed by atoms with Gasteiger partial charge >= 0.3 is 0 Å². The van der Waals surface area contributed by atoms with E-state index in [0.29, 0.717) is 29.1 Å². The highest BCUT2D eigenvalue weighted by Crippen LogP contribution is 2.20. The molecular weight excluding hydrogens is 352 g/mol. The number of amides is 2. The third-order valence-electron chi connectivity index (χ3n) is 4.83. The van der Waals surface area contributed by atoms with Gasteiger partial charge in [0.2, 0.25) is 0 Å². The van der Waals surface area contributed by atoms with E-state index in [1.807, 2.05) is 6.07 Å². The van der Waals surface area contributed by atoms with Crippen molar-refractivity contribution >= 4 is 17.5 Å². The van der Waals surface area contributed by atoms with Crippen molar-refractivity contribution in [1.82, 2.24) is 5.32 Å². The van der Waals surface area contributed by atoms with Crippen LogP contribution in [0.1, 0.15) is 52.8 Å². The molecular formula is C23H26N2O3. The second-order valence-electron chi connectivity index (χ2n) is 6.88. The number of benzene rings is 2. The first-order chi connectivity index (χ1) is 13.7. The van der Waals surface area contributed by atoms with Crippen molar-refractivity contribution in [2.75, 3.05) is 19.0 Å². The molecule has 0 radical (unpaired) electrons. The van der Waals surface area contributed by atoms with Crippen molar-refractivity contribution in [2.24, 2.45) is 0 Å². The molecule has 0 bridgehead atoms. The van der Waals surface area contributed by atoms with Gasteiger partial charge in [0.15, 0.2) is 0 Å². The molecule has 2 aromatic carbocycles. The van der Waals surface area contributed by atoms with Gasteiger partial charge in [-0.05, 0) is 62.4 Å². The number of hydrogen-bond acceptors (Lipinski definition) is 3. The molecule has 2 aromatic rings. The van der Waals surface area contributed by atoms with E-state index in [9.17, 15) is 9.59 Å². The second kappa shape index (κ2) is 9.74. The summed E-state index contributed by atoms with van der Waals surface area (Å²) in [4.78, 5) is 24.9. The van der Waals surface area contributed by atoms with Crippen LogP contribution in [0.5, 0.6) is 5.75 Å². The summed E-state index contributed by atoms with van der Waals surface area (Å²) in [7, 11) is 1.58. The van der Waals surface area contributed by atoms with Crippen molar-refractivity contribution in [3.05, 3.63) is 71.3 Å². The fraction of sp³-hybridized carbons (Fsp3) is 0.304. The Morgan fingerprint density at radius 3 is 2.54 bits per heavy atom. The summed E-state index contributed by atoms with van der Waals surface area (Å²) < 4.78 is 5.17. The number of rotatable bonds is 7. The van der Waals surface area contributed by atoms with E-state index in [0.717, 1.165) is 19.3 Å². The van der Waals surface area contributed by atoms with Crippen LogP contribution in [0.3, 0.4) is 0 Å². The Morgan fingerprint density at radius 2 is 1.79 bits per heavy atom. The second-order valence-corrected chi connectivity index (χ2v) is 6.88. The van der Waals surface area contributed by atoms with Crippen molar-refractivity contribution < 1.29 is 14.3 Å². The van der Waals surface area contributed by atoms with Gasteiger partial charge in [0, 0.05) is 29.4 Å². The van der Waals surface area contributed by atoms with Gasteiger partial charge in [-0.3, -0.25) is 9.59 Å². The molecule has 0 aromatic heterocycles. The first-order valence-electron chi connectivity index (χ1n) is 9.67. The molecule has 28 heavy (non-hydrogen) atoms. The molecule has 0 atom stereocenters. The van der Waals surface area contributed by atoms with Crippen LogP contribution in [0.2, 0.25) is 0 Å². The molecule has 1 aliphatic carbocycles. The molecule has 0 fully saturated rings. The zero-order valence-electron chi connectivity index (χ0n) is 16.2. The lowest BCUT2D eigenvalue weighted by Gasteiger charge is -2.13. The molecule has 0 aliphatic heterocycles. The number of carbonyl (C=O) groups excluding carboxylic acids is 2. The van der Waals surface area contributed by atoms with E-state index < -0.39 is 0 Å². The summed E-state index contributed by atoms with van der Waals surface area (Å²) >= 11 is 0. The first kappa shape index (κ1) is 19.7.